The fourth-order valence-corrected chi connectivity index (χ4v) is 3.70. The number of aryl methyl sites for hydroxylation is 2. The molecule has 27 heavy (non-hydrogen) atoms. The van der Waals surface area contributed by atoms with Crippen molar-refractivity contribution >= 4 is 35.4 Å². The summed E-state index contributed by atoms with van der Waals surface area (Å²) in [5, 5.41) is 0. The van der Waals surface area contributed by atoms with E-state index in [1.807, 2.05) is 56.5 Å². The van der Waals surface area contributed by atoms with Crippen LogP contribution in [0.4, 0.5) is 0 Å². The number of esters is 1. The van der Waals surface area contributed by atoms with E-state index in [9.17, 15) is 9.59 Å². The van der Waals surface area contributed by atoms with Gasteiger partial charge in [-0.25, -0.2) is 0 Å². The summed E-state index contributed by atoms with van der Waals surface area (Å²) in [5.74, 6) is -0.406. The lowest BCUT2D eigenvalue weighted by molar-refractivity contribution is -0.149. The van der Waals surface area contributed by atoms with E-state index in [0.29, 0.717) is 6.54 Å². The SMILES string of the molecule is CSc1ccc(CN(C)C(=O)COC(=O)CSc2ccc(C)cc2C)cc1. The Hall–Kier alpha value is -1.92. The van der Waals surface area contributed by atoms with Gasteiger partial charge in [0.15, 0.2) is 6.61 Å². The van der Waals surface area contributed by atoms with E-state index >= 15 is 0 Å². The zero-order valence-corrected chi connectivity index (χ0v) is 17.8. The number of carbonyl (C=O) groups is 2. The first kappa shape index (κ1) is 21.4. The van der Waals surface area contributed by atoms with Gasteiger partial charge < -0.3 is 9.64 Å². The van der Waals surface area contributed by atoms with Crippen molar-refractivity contribution in [3.63, 3.8) is 0 Å². The van der Waals surface area contributed by atoms with Gasteiger partial charge in [0.2, 0.25) is 0 Å². The number of benzene rings is 2. The van der Waals surface area contributed by atoms with Gasteiger partial charge >= 0.3 is 5.97 Å². The first-order chi connectivity index (χ1) is 12.9. The van der Waals surface area contributed by atoms with Gasteiger partial charge in [-0.2, -0.15) is 0 Å². The minimum atomic E-state index is -0.383. The Morgan fingerprint density at radius 3 is 2.41 bits per heavy atom. The zero-order valence-electron chi connectivity index (χ0n) is 16.2. The highest BCUT2D eigenvalue weighted by atomic mass is 32.2. The molecule has 144 valence electrons. The highest BCUT2D eigenvalue weighted by molar-refractivity contribution is 8.00. The first-order valence-electron chi connectivity index (χ1n) is 8.61. The summed E-state index contributed by atoms with van der Waals surface area (Å²) in [4.78, 5) is 27.9. The summed E-state index contributed by atoms with van der Waals surface area (Å²) in [6.07, 6.45) is 2.03. The van der Waals surface area contributed by atoms with Crippen molar-refractivity contribution < 1.29 is 14.3 Å². The van der Waals surface area contributed by atoms with Crippen LogP contribution >= 0.6 is 23.5 Å². The molecule has 0 saturated heterocycles. The summed E-state index contributed by atoms with van der Waals surface area (Å²) < 4.78 is 5.13. The Morgan fingerprint density at radius 1 is 1.07 bits per heavy atom. The van der Waals surface area contributed by atoms with Crippen molar-refractivity contribution in [2.45, 2.75) is 30.2 Å². The molecule has 0 atom stereocenters. The van der Waals surface area contributed by atoms with Gasteiger partial charge in [-0.3, -0.25) is 9.59 Å². The van der Waals surface area contributed by atoms with Gasteiger partial charge in [0.05, 0.1) is 5.75 Å². The van der Waals surface area contributed by atoms with E-state index in [1.165, 1.54) is 22.2 Å². The molecule has 0 unspecified atom stereocenters. The molecule has 0 heterocycles. The Balaban J connectivity index is 1.75. The summed E-state index contributed by atoms with van der Waals surface area (Å²) in [5.41, 5.74) is 3.37. The van der Waals surface area contributed by atoms with Gasteiger partial charge in [0.25, 0.3) is 5.91 Å². The molecule has 1 amide bonds. The number of rotatable bonds is 8. The maximum Gasteiger partial charge on any atom is 0.316 e. The number of hydrogen-bond donors (Lipinski definition) is 0. The third-order valence-electron chi connectivity index (χ3n) is 4.04. The van der Waals surface area contributed by atoms with Crippen LogP contribution in [0.15, 0.2) is 52.3 Å². The van der Waals surface area contributed by atoms with Crippen LogP contribution in [0.1, 0.15) is 16.7 Å². The van der Waals surface area contributed by atoms with Gasteiger partial charge in [-0.05, 0) is 49.4 Å². The number of nitrogens with zero attached hydrogens (tertiary/aromatic N) is 1. The van der Waals surface area contributed by atoms with Crippen LogP contribution in [0.25, 0.3) is 0 Å². The van der Waals surface area contributed by atoms with Gasteiger partial charge in [0.1, 0.15) is 0 Å². The monoisotopic (exact) mass is 403 g/mol. The van der Waals surface area contributed by atoms with Crippen molar-refractivity contribution in [2.24, 2.45) is 0 Å². The Labute approximate surface area is 169 Å². The second kappa shape index (κ2) is 10.4. The van der Waals surface area contributed by atoms with Crippen LogP contribution in [-0.4, -0.2) is 42.4 Å². The molecule has 0 spiro atoms. The predicted octanol–water partition coefficient (Wildman–Crippen LogP) is 4.32. The van der Waals surface area contributed by atoms with Crippen molar-refractivity contribution in [1.82, 2.24) is 4.90 Å². The van der Waals surface area contributed by atoms with Gasteiger partial charge in [-0.1, -0.05) is 29.8 Å². The molecule has 2 aromatic rings. The number of ether oxygens (including phenoxy) is 1. The van der Waals surface area contributed by atoms with E-state index in [0.717, 1.165) is 16.0 Å². The predicted molar refractivity (Wildman–Crippen MR) is 112 cm³/mol. The van der Waals surface area contributed by atoms with Crippen LogP contribution in [0.3, 0.4) is 0 Å². The summed E-state index contributed by atoms with van der Waals surface area (Å²) >= 11 is 3.11. The number of hydrogen-bond acceptors (Lipinski definition) is 5. The third kappa shape index (κ3) is 6.96. The zero-order chi connectivity index (χ0) is 19.8. The summed E-state index contributed by atoms with van der Waals surface area (Å²) in [7, 11) is 1.71. The molecule has 0 aliphatic carbocycles. The third-order valence-corrected chi connectivity index (χ3v) is 5.93. The average molecular weight is 404 g/mol. The number of carbonyl (C=O) groups excluding carboxylic acids is 2. The van der Waals surface area contributed by atoms with Crippen LogP contribution in [0, 0.1) is 13.8 Å². The quantitative estimate of drug-likeness (QED) is 0.485. The minimum Gasteiger partial charge on any atom is -0.455 e. The van der Waals surface area contributed by atoms with Gasteiger partial charge in [0, 0.05) is 23.4 Å². The molecule has 0 aromatic heterocycles. The van der Waals surface area contributed by atoms with Crippen LogP contribution in [0.2, 0.25) is 0 Å². The number of amides is 1. The highest BCUT2D eigenvalue weighted by Crippen LogP contribution is 2.23. The summed E-state index contributed by atoms with van der Waals surface area (Å²) in [6.45, 7) is 4.31. The maximum atomic E-state index is 12.2. The molecule has 6 heteroatoms. The second-order valence-electron chi connectivity index (χ2n) is 6.32. The molecule has 0 fully saturated rings. The van der Waals surface area contributed by atoms with E-state index in [1.54, 1.807) is 23.7 Å². The van der Waals surface area contributed by atoms with Crippen LogP contribution < -0.4 is 0 Å². The van der Waals surface area contributed by atoms with Crippen molar-refractivity contribution in [3.05, 3.63) is 59.2 Å². The molecular weight excluding hydrogens is 378 g/mol. The fourth-order valence-electron chi connectivity index (χ4n) is 2.49. The van der Waals surface area contributed by atoms with E-state index < -0.39 is 0 Å². The molecule has 0 aliphatic rings. The van der Waals surface area contributed by atoms with Crippen LogP contribution in [-0.2, 0) is 20.9 Å². The standard InChI is InChI=1S/C21H25NO3S2/c1-15-5-10-19(16(2)11-15)27-14-21(24)25-13-20(23)22(3)12-17-6-8-18(26-4)9-7-17/h5-11H,12-14H2,1-4H3. The molecule has 0 saturated carbocycles. The van der Waals surface area contributed by atoms with Crippen LogP contribution in [0.5, 0.6) is 0 Å². The Morgan fingerprint density at radius 2 is 1.78 bits per heavy atom. The molecule has 0 radical (unpaired) electrons. The molecule has 0 aliphatic heterocycles. The van der Waals surface area contributed by atoms with E-state index in [4.69, 9.17) is 4.74 Å². The van der Waals surface area contributed by atoms with E-state index in [2.05, 4.69) is 6.07 Å². The smallest absolute Gasteiger partial charge is 0.316 e. The second-order valence-corrected chi connectivity index (χ2v) is 8.21. The van der Waals surface area contributed by atoms with Crippen molar-refractivity contribution in [2.75, 3.05) is 25.7 Å². The molecule has 0 N–H and O–H groups in total. The normalized spacial score (nSPS) is 10.5. The summed E-state index contributed by atoms with van der Waals surface area (Å²) in [6, 6.07) is 14.2. The Bertz CT molecular complexity index is 791. The highest BCUT2D eigenvalue weighted by Gasteiger charge is 2.13. The van der Waals surface area contributed by atoms with E-state index in [-0.39, 0.29) is 24.2 Å². The number of thioether (sulfide) groups is 2. The molecule has 2 aromatic carbocycles. The number of likely N-dealkylation sites (N-methyl/N-ethyl adjacent to an activating group) is 1. The molecular formula is C21H25NO3S2. The van der Waals surface area contributed by atoms with Crippen molar-refractivity contribution in [3.8, 4) is 0 Å². The van der Waals surface area contributed by atoms with Crippen molar-refractivity contribution in [1.29, 1.82) is 0 Å². The van der Waals surface area contributed by atoms with Gasteiger partial charge in [-0.15, -0.1) is 23.5 Å². The Kier molecular flexibility index (Phi) is 8.25. The largest absolute Gasteiger partial charge is 0.455 e. The average Bonchev–Trinajstić information content (AvgIpc) is 2.66. The molecule has 0 bridgehead atoms. The maximum absolute atomic E-state index is 12.2. The molecule has 2 rings (SSSR count). The minimum absolute atomic E-state index is 0.192. The first-order valence-corrected chi connectivity index (χ1v) is 10.8. The topological polar surface area (TPSA) is 46.6 Å². The lowest BCUT2D eigenvalue weighted by Crippen LogP contribution is -2.31. The molecule has 4 nitrogen and oxygen atoms in total. The lowest BCUT2D eigenvalue weighted by Gasteiger charge is -2.17. The fraction of sp³-hybridized carbons (Fsp3) is 0.333. The lowest BCUT2D eigenvalue weighted by atomic mass is 10.2.